The molecule has 0 N–H and O–H groups in total. The van der Waals surface area contributed by atoms with Gasteiger partial charge in [-0.25, -0.2) is 4.79 Å². The molecule has 0 aliphatic heterocycles. The predicted molar refractivity (Wildman–Crippen MR) is 72.0 cm³/mol. The van der Waals surface area contributed by atoms with Gasteiger partial charge in [-0.1, -0.05) is 47.6 Å². The normalized spacial score (nSPS) is 12.0. The van der Waals surface area contributed by atoms with E-state index in [4.69, 9.17) is 4.43 Å². The first-order valence-electron chi connectivity index (χ1n) is 6.16. The molecule has 0 spiro atoms. The molecule has 0 unspecified atom stereocenters. The van der Waals surface area contributed by atoms with Crippen LogP contribution in [0.15, 0.2) is 12.2 Å². The summed E-state index contributed by atoms with van der Waals surface area (Å²) in [7, 11) is -1.99. The van der Waals surface area contributed by atoms with Crippen molar-refractivity contribution in [3.8, 4) is 0 Å². The highest BCUT2D eigenvalue weighted by Crippen LogP contribution is 2.38. The van der Waals surface area contributed by atoms with Gasteiger partial charge in [-0.15, -0.1) is 0 Å². The van der Waals surface area contributed by atoms with Crippen molar-refractivity contribution in [3.05, 3.63) is 12.2 Å². The van der Waals surface area contributed by atoms with Crippen molar-refractivity contribution in [1.29, 1.82) is 0 Å². The average Bonchev–Trinajstić information content (AvgIpc) is 2.15. The molecule has 0 aromatic rings. The fraction of sp³-hybridized carbons (Fsp3) is 0.769. The van der Waals surface area contributed by atoms with Crippen molar-refractivity contribution in [1.82, 2.24) is 0 Å². The van der Waals surface area contributed by atoms with Crippen molar-refractivity contribution >= 4 is 14.3 Å². The van der Waals surface area contributed by atoms with Crippen molar-refractivity contribution in [2.75, 3.05) is 0 Å². The summed E-state index contributed by atoms with van der Waals surface area (Å²) in [6.07, 6.45) is 1.08. The number of rotatable bonds is 6. The largest absolute Gasteiger partial charge is 0.515 e. The van der Waals surface area contributed by atoms with Gasteiger partial charge in [-0.05, 0) is 24.1 Å². The van der Waals surface area contributed by atoms with Crippen LogP contribution in [0.3, 0.4) is 0 Å². The lowest BCUT2D eigenvalue weighted by molar-refractivity contribution is -0.131. The van der Waals surface area contributed by atoms with Crippen LogP contribution < -0.4 is 0 Å². The first-order valence-corrected chi connectivity index (χ1v) is 8.43. The van der Waals surface area contributed by atoms with Crippen molar-refractivity contribution < 1.29 is 9.22 Å². The minimum absolute atomic E-state index is 0.206. The van der Waals surface area contributed by atoms with E-state index in [1.807, 2.05) is 0 Å². The second-order valence-electron chi connectivity index (χ2n) is 5.18. The molecular weight excluding hydrogens is 216 g/mol. The highest BCUT2D eigenvalue weighted by molar-refractivity contribution is 6.77. The minimum atomic E-state index is -1.99. The summed E-state index contributed by atoms with van der Waals surface area (Å²) in [4.78, 5) is 11.8. The molecule has 0 rings (SSSR count). The van der Waals surface area contributed by atoms with E-state index in [-0.39, 0.29) is 5.97 Å². The molecule has 3 heteroatoms. The Morgan fingerprint density at radius 2 is 1.69 bits per heavy atom. The van der Waals surface area contributed by atoms with Crippen LogP contribution in [0, 0.1) is 0 Å². The molecule has 0 aromatic heterocycles. The molecule has 0 atom stereocenters. The van der Waals surface area contributed by atoms with Gasteiger partial charge in [0.15, 0.2) is 0 Å². The third-order valence-corrected chi connectivity index (χ3v) is 8.98. The summed E-state index contributed by atoms with van der Waals surface area (Å²) in [6, 6.07) is 1.04. The maximum Gasteiger partial charge on any atom is 0.319 e. The fourth-order valence-corrected chi connectivity index (χ4v) is 6.54. The zero-order chi connectivity index (χ0) is 12.9. The van der Waals surface area contributed by atoms with Crippen LogP contribution in [0.4, 0.5) is 0 Å². The number of hydrogen-bond donors (Lipinski definition) is 0. The third kappa shape index (κ3) is 3.48. The molecule has 94 valence electrons. The Hall–Kier alpha value is -0.573. The zero-order valence-corrected chi connectivity index (χ0v) is 12.6. The van der Waals surface area contributed by atoms with Crippen LogP contribution >= 0.6 is 0 Å². The van der Waals surface area contributed by atoms with E-state index >= 15 is 0 Å². The molecular formula is C13H26O2Si. The van der Waals surface area contributed by atoms with Gasteiger partial charge in [-0.2, -0.15) is 0 Å². The molecule has 0 aliphatic rings. The summed E-state index contributed by atoms with van der Waals surface area (Å²) in [6.45, 7) is 16.2. The van der Waals surface area contributed by atoms with Crippen molar-refractivity contribution in [3.63, 3.8) is 0 Å². The highest BCUT2D eigenvalue weighted by Gasteiger charge is 2.44. The van der Waals surface area contributed by atoms with E-state index in [1.165, 1.54) is 0 Å². The number of hydrogen-bond acceptors (Lipinski definition) is 2. The molecule has 0 aliphatic carbocycles. The Bertz CT molecular complexity index is 249. The molecule has 0 aromatic carbocycles. The summed E-state index contributed by atoms with van der Waals surface area (Å²) in [5, 5.41) is 0. The maximum atomic E-state index is 11.8. The Labute approximate surface area is 101 Å². The van der Waals surface area contributed by atoms with Gasteiger partial charge in [-0.3, -0.25) is 0 Å². The zero-order valence-electron chi connectivity index (χ0n) is 11.6. The predicted octanol–water partition coefficient (Wildman–Crippen LogP) is 4.28. The van der Waals surface area contributed by atoms with Crippen LogP contribution in [0.1, 0.15) is 48.0 Å². The lowest BCUT2D eigenvalue weighted by Crippen LogP contribution is -2.46. The summed E-state index contributed by atoms with van der Waals surface area (Å²) in [5.74, 6) is -0.206. The molecule has 0 heterocycles. The monoisotopic (exact) mass is 242 g/mol. The number of carbonyl (C=O) groups is 1. The Morgan fingerprint density at radius 3 is 1.94 bits per heavy atom. The van der Waals surface area contributed by atoms with E-state index in [9.17, 15) is 4.79 Å². The van der Waals surface area contributed by atoms with Crippen LogP contribution in [-0.4, -0.2) is 14.3 Å². The van der Waals surface area contributed by atoms with E-state index in [1.54, 1.807) is 6.92 Å². The molecule has 16 heavy (non-hydrogen) atoms. The van der Waals surface area contributed by atoms with Gasteiger partial charge < -0.3 is 4.43 Å². The van der Waals surface area contributed by atoms with Crippen LogP contribution in [0.5, 0.6) is 0 Å². The molecule has 0 saturated heterocycles. The molecule has 0 fully saturated rings. The molecule has 0 bridgehead atoms. The highest BCUT2D eigenvalue weighted by atomic mass is 28.4. The molecule has 2 nitrogen and oxygen atoms in total. The maximum absolute atomic E-state index is 11.8. The minimum Gasteiger partial charge on any atom is -0.515 e. The van der Waals surface area contributed by atoms with Gasteiger partial charge in [0.25, 0.3) is 8.32 Å². The molecule has 0 saturated carbocycles. The van der Waals surface area contributed by atoms with Gasteiger partial charge >= 0.3 is 5.97 Å². The average molecular weight is 242 g/mol. The Balaban J connectivity index is 5.03. The van der Waals surface area contributed by atoms with Crippen LogP contribution in [-0.2, 0) is 9.22 Å². The van der Waals surface area contributed by atoms with Gasteiger partial charge in [0, 0.05) is 5.57 Å². The van der Waals surface area contributed by atoms with Gasteiger partial charge in [0.2, 0.25) is 0 Å². The van der Waals surface area contributed by atoms with Gasteiger partial charge in [0.05, 0.1) is 0 Å². The van der Waals surface area contributed by atoms with Crippen LogP contribution in [0.2, 0.25) is 17.1 Å². The molecule has 0 radical (unpaired) electrons. The summed E-state index contributed by atoms with van der Waals surface area (Å²) >= 11 is 0. The fourth-order valence-electron chi connectivity index (χ4n) is 2.18. The van der Waals surface area contributed by atoms with E-state index < -0.39 is 8.32 Å². The summed E-state index contributed by atoms with van der Waals surface area (Å²) < 4.78 is 5.86. The van der Waals surface area contributed by atoms with Gasteiger partial charge in [0.1, 0.15) is 0 Å². The van der Waals surface area contributed by atoms with Crippen molar-refractivity contribution in [2.24, 2.45) is 0 Å². The molecule has 0 amide bonds. The Kier molecular flexibility index (Phi) is 6.01. The summed E-state index contributed by atoms with van der Waals surface area (Å²) in [5.41, 5.74) is 1.42. The van der Waals surface area contributed by atoms with E-state index in [0.29, 0.717) is 16.7 Å². The standard InChI is InChI=1S/C13H26O2Si/c1-8-9-16(11(4)5,12(6)7)15-13(14)10(2)3/h11-12H,2,8-9H2,1,3-7H3. The third-order valence-electron chi connectivity index (χ3n) is 3.23. The first-order chi connectivity index (χ1) is 7.27. The lowest BCUT2D eigenvalue weighted by Gasteiger charge is -2.37. The number of carbonyl (C=O) groups excluding carboxylic acids is 1. The second kappa shape index (κ2) is 6.23. The quantitative estimate of drug-likeness (QED) is 0.513. The van der Waals surface area contributed by atoms with Crippen LogP contribution in [0.25, 0.3) is 0 Å². The topological polar surface area (TPSA) is 26.3 Å². The lowest BCUT2D eigenvalue weighted by atomic mass is 10.4. The SMILES string of the molecule is C=C(C)C(=O)O[Si](CCC)(C(C)C)C(C)C. The first kappa shape index (κ1) is 15.4. The van der Waals surface area contributed by atoms with Crippen molar-refractivity contribution in [2.45, 2.75) is 65.1 Å². The second-order valence-corrected chi connectivity index (χ2v) is 10.1. The smallest absolute Gasteiger partial charge is 0.319 e. The van der Waals surface area contributed by atoms with E-state index in [2.05, 4.69) is 41.2 Å². The van der Waals surface area contributed by atoms with E-state index in [0.717, 1.165) is 12.5 Å². The Morgan fingerprint density at radius 1 is 1.25 bits per heavy atom.